The van der Waals surface area contributed by atoms with Crippen molar-refractivity contribution in [2.45, 2.75) is 51.1 Å². The van der Waals surface area contributed by atoms with Crippen molar-refractivity contribution in [3.63, 3.8) is 0 Å². The van der Waals surface area contributed by atoms with Crippen LogP contribution in [0.15, 0.2) is 39.9 Å². The van der Waals surface area contributed by atoms with E-state index in [1.165, 1.54) is 36.8 Å². The van der Waals surface area contributed by atoms with E-state index in [0.717, 1.165) is 49.8 Å². The summed E-state index contributed by atoms with van der Waals surface area (Å²) in [4.78, 5) is 6.86. The van der Waals surface area contributed by atoms with Crippen molar-refractivity contribution < 1.29 is 9.52 Å². The largest absolute Gasteiger partial charge is 0.508 e. The number of aryl methyl sites for hydroxylation is 1. The maximum atomic E-state index is 10.4. The number of hydrogen-bond donors (Lipinski definition) is 3. The lowest BCUT2D eigenvalue weighted by molar-refractivity contribution is 0.215. The zero-order valence-corrected chi connectivity index (χ0v) is 20.0. The van der Waals surface area contributed by atoms with Crippen molar-refractivity contribution >= 4 is 29.9 Å². The fourth-order valence-corrected chi connectivity index (χ4v) is 4.62. The quantitative estimate of drug-likeness (QED) is 0.303. The van der Waals surface area contributed by atoms with Crippen LogP contribution in [0.5, 0.6) is 5.75 Å². The molecule has 1 aliphatic carbocycles. The minimum absolute atomic E-state index is 0. The van der Waals surface area contributed by atoms with E-state index in [2.05, 4.69) is 32.7 Å². The number of guanidine groups is 1. The van der Waals surface area contributed by atoms with Gasteiger partial charge in [-0.15, -0.1) is 24.0 Å². The average molecular weight is 524 g/mol. The van der Waals surface area contributed by atoms with Gasteiger partial charge >= 0.3 is 0 Å². The van der Waals surface area contributed by atoms with Gasteiger partial charge in [-0.2, -0.15) is 0 Å². The van der Waals surface area contributed by atoms with E-state index in [1.54, 1.807) is 13.3 Å². The van der Waals surface area contributed by atoms with Gasteiger partial charge in [-0.05, 0) is 80.9 Å². The summed E-state index contributed by atoms with van der Waals surface area (Å²) in [7, 11) is 1.79. The van der Waals surface area contributed by atoms with Crippen LogP contribution in [-0.4, -0.2) is 42.6 Å². The first-order chi connectivity index (χ1) is 14.3. The van der Waals surface area contributed by atoms with E-state index < -0.39 is 0 Å². The number of nitrogens with zero attached hydrogens (tertiary/aromatic N) is 2. The Morgan fingerprint density at radius 2 is 1.93 bits per heavy atom. The van der Waals surface area contributed by atoms with E-state index in [4.69, 9.17) is 4.42 Å². The summed E-state index contributed by atoms with van der Waals surface area (Å²) in [5.74, 6) is 2.11. The summed E-state index contributed by atoms with van der Waals surface area (Å²) < 4.78 is 5.71. The molecule has 1 unspecified atom stereocenters. The number of phenols is 1. The number of benzene rings is 1. The number of hydrogen-bond acceptors (Lipinski definition) is 4. The first kappa shape index (κ1) is 22.9. The van der Waals surface area contributed by atoms with Gasteiger partial charge in [-0.1, -0.05) is 6.07 Å². The van der Waals surface area contributed by atoms with E-state index in [-0.39, 0.29) is 30.0 Å². The monoisotopic (exact) mass is 524 g/mol. The Labute approximate surface area is 196 Å². The Morgan fingerprint density at radius 1 is 1.13 bits per heavy atom. The molecule has 0 amide bonds. The third-order valence-electron chi connectivity index (χ3n) is 6.20. The first-order valence-corrected chi connectivity index (χ1v) is 10.8. The van der Waals surface area contributed by atoms with Crippen LogP contribution in [0.2, 0.25) is 0 Å². The third kappa shape index (κ3) is 5.29. The van der Waals surface area contributed by atoms with Crippen molar-refractivity contribution in [3.8, 4) is 5.75 Å². The van der Waals surface area contributed by atoms with E-state index in [1.807, 2.05) is 12.1 Å². The minimum atomic E-state index is 0. The van der Waals surface area contributed by atoms with Crippen LogP contribution in [0.25, 0.3) is 0 Å². The maximum absolute atomic E-state index is 10.4. The number of halogens is 1. The van der Waals surface area contributed by atoms with Gasteiger partial charge in [0.2, 0.25) is 0 Å². The number of aromatic hydroxyl groups is 1. The summed E-state index contributed by atoms with van der Waals surface area (Å²) in [5.41, 5.74) is 3.69. The molecule has 7 heteroatoms. The van der Waals surface area contributed by atoms with Gasteiger partial charge in [0.1, 0.15) is 11.5 Å². The summed E-state index contributed by atoms with van der Waals surface area (Å²) >= 11 is 0. The van der Waals surface area contributed by atoms with Crippen LogP contribution in [0.4, 0.5) is 0 Å². The van der Waals surface area contributed by atoms with E-state index in [0.29, 0.717) is 12.3 Å². The molecule has 0 bridgehead atoms. The highest BCUT2D eigenvalue weighted by Crippen LogP contribution is 2.30. The molecule has 6 nitrogen and oxygen atoms in total. The molecule has 2 aliphatic rings. The molecule has 1 fully saturated rings. The molecule has 4 rings (SSSR count). The van der Waals surface area contributed by atoms with Crippen molar-refractivity contribution in [1.29, 1.82) is 0 Å². The van der Waals surface area contributed by atoms with Crippen LogP contribution >= 0.6 is 24.0 Å². The maximum Gasteiger partial charge on any atom is 0.191 e. The topological polar surface area (TPSA) is 73.0 Å². The summed E-state index contributed by atoms with van der Waals surface area (Å²) in [6.07, 6.45) is 8.80. The predicted octanol–water partition coefficient (Wildman–Crippen LogP) is 3.98. The number of fused-ring (bicyclic) bond motifs is 1. The Hall–Kier alpha value is -1.74. The zero-order valence-electron chi connectivity index (χ0n) is 17.7. The second-order valence-electron chi connectivity index (χ2n) is 7.99. The highest BCUT2D eigenvalue weighted by atomic mass is 127. The Bertz CT molecular complexity index is 832. The van der Waals surface area contributed by atoms with Crippen molar-refractivity contribution in [1.82, 2.24) is 15.5 Å². The lowest BCUT2D eigenvalue weighted by Crippen LogP contribution is -2.42. The van der Waals surface area contributed by atoms with Crippen LogP contribution in [0.3, 0.4) is 0 Å². The van der Waals surface area contributed by atoms with Gasteiger partial charge in [0.25, 0.3) is 0 Å². The third-order valence-corrected chi connectivity index (χ3v) is 6.20. The van der Waals surface area contributed by atoms with Gasteiger partial charge in [-0.25, -0.2) is 0 Å². The number of aliphatic imine (C=N–C) groups is 1. The van der Waals surface area contributed by atoms with Gasteiger partial charge < -0.3 is 20.2 Å². The number of likely N-dealkylation sites (tertiary alicyclic amines) is 1. The smallest absolute Gasteiger partial charge is 0.191 e. The molecular formula is C23H33IN4O2. The second-order valence-corrected chi connectivity index (χ2v) is 7.99. The van der Waals surface area contributed by atoms with Crippen LogP contribution in [0.1, 0.15) is 54.2 Å². The molecule has 2 heterocycles. The Balaban J connectivity index is 0.00000256. The Kier molecular flexibility index (Phi) is 8.44. The molecule has 1 aromatic heterocycles. The molecule has 0 radical (unpaired) electrons. The molecule has 0 spiro atoms. The molecule has 1 aromatic carbocycles. The Morgan fingerprint density at radius 3 is 2.67 bits per heavy atom. The minimum Gasteiger partial charge on any atom is -0.508 e. The molecule has 164 valence electrons. The standard InChI is InChI=1S/C23H32N4O2.HI/c1-24-23(25-15-19-18-8-3-2-7-17(18)10-11-21(19)28)26-16-20(22-9-6-14-29-22)27-12-4-5-13-27;/h6,9-11,14,20,28H,2-5,7-8,12-13,15-16H2,1H3,(H2,24,25,26);1H. The molecule has 1 atom stereocenters. The van der Waals surface area contributed by atoms with Crippen LogP contribution in [-0.2, 0) is 19.4 Å². The van der Waals surface area contributed by atoms with Crippen LogP contribution < -0.4 is 10.6 Å². The van der Waals surface area contributed by atoms with Gasteiger partial charge in [-0.3, -0.25) is 9.89 Å². The summed E-state index contributed by atoms with van der Waals surface area (Å²) in [5, 5.41) is 17.3. The molecule has 1 aliphatic heterocycles. The fraction of sp³-hybridized carbons (Fsp3) is 0.522. The number of phenolic OH excluding ortho intramolecular Hbond substituents is 1. The van der Waals surface area contributed by atoms with Crippen molar-refractivity contribution in [3.05, 3.63) is 53.0 Å². The van der Waals surface area contributed by atoms with Crippen molar-refractivity contribution in [2.75, 3.05) is 26.7 Å². The van der Waals surface area contributed by atoms with Crippen LogP contribution in [0, 0.1) is 0 Å². The normalized spacial score (nSPS) is 17.8. The summed E-state index contributed by atoms with van der Waals surface area (Å²) in [6.45, 7) is 3.50. The predicted molar refractivity (Wildman–Crippen MR) is 131 cm³/mol. The second kappa shape index (κ2) is 11.0. The summed E-state index contributed by atoms with van der Waals surface area (Å²) in [6, 6.07) is 8.10. The molecule has 30 heavy (non-hydrogen) atoms. The molecule has 2 aromatic rings. The van der Waals surface area contributed by atoms with Crippen molar-refractivity contribution in [2.24, 2.45) is 4.99 Å². The lowest BCUT2D eigenvalue weighted by Gasteiger charge is -2.27. The molecule has 1 saturated heterocycles. The average Bonchev–Trinajstić information content (AvgIpc) is 3.46. The van der Waals surface area contributed by atoms with E-state index >= 15 is 0 Å². The molecule has 3 N–H and O–H groups in total. The highest BCUT2D eigenvalue weighted by molar-refractivity contribution is 14.0. The van der Waals surface area contributed by atoms with Gasteiger partial charge in [0.15, 0.2) is 5.96 Å². The zero-order chi connectivity index (χ0) is 20.1. The first-order valence-electron chi connectivity index (χ1n) is 10.8. The molecule has 0 saturated carbocycles. The van der Waals surface area contributed by atoms with Gasteiger partial charge in [0, 0.05) is 25.7 Å². The number of nitrogens with one attached hydrogen (secondary N) is 2. The van der Waals surface area contributed by atoms with E-state index in [9.17, 15) is 5.11 Å². The fourth-order valence-electron chi connectivity index (χ4n) is 4.62. The number of furan rings is 1. The SMILES string of the molecule is CN=C(NCc1c(O)ccc2c1CCCC2)NCC(c1ccco1)N1CCCC1.I. The highest BCUT2D eigenvalue weighted by Gasteiger charge is 2.25. The molecular weight excluding hydrogens is 491 g/mol. The number of rotatable bonds is 6. The van der Waals surface area contributed by atoms with Gasteiger partial charge in [0.05, 0.1) is 12.3 Å². The lowest BCUT2D eigenvalue weighted by atomic mass is 9.88.